The lowest BCUT2D eigenvalue weighted by atomic mass is 9.88. The minimum atomic E-state index is -0.0633. The molecule has 1 N–H and O–H groups in total. The fourth-order valence-corrected chi connectivity index (χ4v) is 3.11. The lowest BCUT2D eigenvalue weighted by Gasteiger charge is -2.24. The van der Waals surface area contributed by atoms with E-state index in [1.807, 2.05) is 19.9 Å². The predicted molar refractivity (Wildman–Crippen MR) is 72.9 cm³/mol. The monoisotopic (exact) mass is 299 g/mol. The van der Waals surface area contributed by atoms with Crippen molar-refractivity contribution in [3.63, 3.8) is 0 Å². The SMILES string of the molecule is Cc1cc(Br)c(F)c(CC2CCNCC2)c1C. The van der Waals surface area contributed by atoms with Gasteiger partial charge in [0, 0.05) is 0 Å². The van der Waals surface area contributed by atoms with E-state index in [2.05, 4.69) is 21.2 Å². The van der Waals surface area contributed by atoms with Gasteiger partial charge in [0.25, 0.3) is 0 Å². The van der Waals surface area contributed by atoms with Crippen LogP contribution in [-0.2, 0) is 6.42 Å². The third kappa shape index (κ3) is 2.89. The molecule has 1 fully saturated rings. The van der Waals surface area contributed by atoms with Gasteiger partial charge in [-0.3, -0.25) is 0 Å². The van der Waals surface area contributed by atoms with E-state index in [9.17, 15) is 4.39 Å². The number of rotatable bonds is 2. The minimum Gasteiger partial charge on any atom is -0.317 e. The molecule has 1 saturated heterocycles. The number of nitrogens with one attached hydrogen (secondary N) is 1. The Morgan fingerprint density at radius 1 is 1.35 bits per heavy atom. The number of hydrogen-bond donors (Lipinski definition) is 1. The Morgan fingerprint density at radius 3 is 2.65 bits per heavy atom. The van der Waals surface area contributed by atoms with Crippen LogP contribution in [0.5, 0.6) is 0 Å². The van der Waals surface area contributed by atoms with Crippen molar-refractivity contribution in [2.45, 2.75) is 33.1 Å². The van der Waals surface area contributed by atoms with Gasteiger partial charge in [-0.2, -0.15) is 0 Å². The second-order valence-electron chi connectivity index (χ2n) is 4.99. The topological polar surface area (TPSA) is 12.0 Å². The van der Waals surface area contributed by atoms with Gasteiger partial charge in [-0.25, -0.2) is 4.39 Å². The summed E-state index contributed by atoms with van der Waals surface area (Å²) in [6, 6.07) is 1.87. The summed E-state index contributed by atoms with van der Waals surface area (Å²) in [6.45, 7) is 6.21. The first-order valence-electron chi connectivity index (χ1n) is 6.24. The lowest BCUT2D eigenvalue weighted by molar-refractivity contribution is 0.367. The number of piperidine rings is 1. The van der Waals surface area contributed by atoms with Crippen LogP contribution in [0.3, 0.4) is 0 Å². The molecule has 1 aromatic rings. The van der Waals surface area contributed by atoms with Crippen LogP contribution in [0.15, 0.2) is 10.5 Å². The molecule has 1 heterocycles. The zero-order valence-corrected chi connectivity index (χ0v) is 12.0. The maximum Gasteiger partial charge on any atom is 0.140 e. The fourth-order valence-electron chi connectivity index (χ4n) is 2.53. The van der Waals surface area contributed by atoms with E-state index in [1.165, 1.54) is 5.56 Å². The maximum atomic E-state index is 14.1. The van der Waals surface area contributed by atoms with Crippen molar-refractivity contribution in [1.29, 1.82) is 0 Å². The van der Waals surface area contributed by atoms with E-state index in [1.54, 1.807) is 0 Å². The molecule has 0 saturated carbocycles. The van der Waals surface area contributed by atoms with Crippen molar-refractivity contribution in [1.82, 2.24) is 5.32 Å². The predicted octanol–water partition coefficient (Wildman–Crippen LogP) is 3.75. The highest BCUT2D eigenvalue weighted by Gasteiger charge is 2.19. The second-order valence-corrected chi connectivity index (χ2v) is 5.84. The van der Waals surface area contributed by atoms with E-state index < -0.39 is 0 Å². The molecular formula is C14H19BrFN. The van der Waals surface area contributed by atoms with Crippen molar-refractivity contribution in [2.24, 2.45) is 5.92 Å². The number of halogens is 2. The Balaban J connectivity index is 2.24. The molecule has 0 aliphatic carbocycles. The molecule has 0 spiro atoms. The van der Waals surface area contributed by atoms with Crippen molar-refractivity contribution in [3.8, 4) is 0 Å². The molecule has 0 radical (unpaired) electrons. The van der Waals surface area contributed by atoms with E-state index in [4.69, 9.17) is 0 Å². The third-order valence-corrected chi connectivity index (χ3v) is 4.39. The van der Waals surface area contributed by atoms with Crippen LogP contribution in [0.4, 0.5) is 4.39 Å². The molecule has 3 heteroatoms. The van der Waals surface area contributed by atoms with Crippen molar-refractivity contribution in [3.05, 3.63) is 33.0 Å². The molecule has 17 heavy (non-hydrogen) atoms. The van der Waals surface area contributed by atoms with Crippen molar-refractivity contribution < 1.29 is 4.39 Å². The van der Waals surface area contributed by atoms with E-state index >= 15 is 0 Å². The zero-order valence-electron chi connectivity index (χ0n) is 10.4. The first-order valence-corrected chi connectivity index (χ1v) is 7.03. The highest BCUT2D eigenvalue weighted by molar-refractivity contribution is 9.10. The van der Waals surface area contributed by atoms with E-state index in [0.29, 0.717) is 10.4 Å². The Kier molecular flexibility index (Phi) is 4.21. The van der Waals surface area contributed by atoms with Gasteiger partial charge in [-0.1, -0.05) is 0 Å². The Hall–Kier alpha value is -0.410. The standard InChI is InChI=1S/C14H19BrFN/c1-9-7-13(15)14(16)12(10(9)2)8-11-3-5-17-6-4-11/h7,11,17H,3-6,8H2,1-2H3. The average molecular weight is 300 g/mol. The molecule has 1 nitrogen and oxygen atoms in total. The maximum absolute atomic E-state index is 14.1. The van der Waals surface area contributed by atoms with Gasteiger partial charge in [0.15, 0.2) is 0 Å². The summed E-state index contributed by atoms with van der Waals surface area (Å²) in [5.74, 6) is 0.560. The van der Waals surface area contributed by atoms with Gasteiger partial charge in [-0.05, 0) is 90.8 Å². The minimum absolute atomic E-state index is 0.0633. The molecule has 1 aromatic carbocycles. The smallest absolute Gasteiger partial charge is 0.140 e. The lowest BCUT2D eigenvalue weighted by Crippen LogP contribution is -2.29. The van der Waals surface area contributed by atoms with Gasteiger partial charge in [-0.15, -0.1) is 0 Å². The molecule has 94 valence electrons. The Bertz CT molecular complexity index is 385. The van der Waals surface area contributed by atoms with Gasteiger partial charge >= 0.3 is 0 Å². The largest absolute Gasteiger partial charge is 0.317 e. The van der Waals surface area contributed by atoms with Gasteiger partial charge < -0.3 is 5.32 Å². The Morgan fingerprint density at radius 2 is 2.00 bits per heavy atom. The zero-order chi connectivity index (χ0) is 12.4. The van der Waals surface area contributed by atoms with E-state index in [-0.39, 0.29) is 5.82 Å². The van der Waals surface area contributed by atoms with Crippen LogP contribution in [0.25, 0.3) is 0 Å². The molecule has 1 aliphatic rings. The quantitative estimate of drug-likeness (QED) is 0.877. The van der Waals surface area contributed by atoms with Crippen molar-refractivity contribution in [2.75, 3.05) is 13.1 Å². The highest BCUT2D eigenvalue weighted by Crippen LogP contribution is 2.29. The summed E-state index contributed by atoms with van der Waals surface area (Å²) in [7, 11) is 0. The van der Waals surface area contributed by atoms with Crippen LogP contribution in [0, 0.1) is 25.6 Å². The fraction of sp³-hybridized carbons (Fsp3) is 0.571. The summed E-state index contributed by atoms with van der Waals surface area (Å²) in [5.41, 5.74) is 3.19. The van der Waals surface area contributed by atoms with Crippen LogP contribution < -0.4 is 5.32 Å². The number of aryl methyl sites for hydroxylation is 1. The van der Waals surface area contributed by atoms with Crippen molar-refractivity contribution >= 4 is 15.9 Å². The van der Waals surface area contributed by atoms with Gasteiger partial charge in [0.05, 0.1) is 4.47 Å². The first-order chi connectivity index (χ1) is 8.09. The first kappa shape index (κ1) is 13.0. The Labute approximate surface area is 111 Å². The molecule has 0 unspecified atom stereocenters. The number of benzene rings is 1. The molecule has 0 bridgehead atoms. The van der Waals surface area contributed by atoms with Crippen LogP contribution in [-0.4, -0.2) is 13.1 Å². The highest BCUT2D eigenvalue weighted by atomic mass is 79.9. The van der Waals surface area contributed by atoms with Crippen LogP contribution in [0.1, 0.15) is 29.5 Å². The number of hydrogen-bond acceptors (Lipinski definition) is 1. The molecule has 0 amide bonds. The summed E-state index contributed by atoms with van der Waals surface area (Å²) in [4.78, 5) is 0. The molecule has 0 atom stereocenters. The summed E-state index contributed by atoms with van der Waals surface area (Å²) in [5, 5.41) is 3.35. The van der Waals surface area contributed by atoms with Crippen LogP contribution in [0.2, 0.25) is 0 Å². The average Bonchev–Trinajstić information content (AvgIpc) is 2.33. The van der Waals surface area contributed by atoms with Crippen LogP contribution >= 0.6 is 15.9 Å². The molecular weight excluding hydrogens is 281 g/mol. The summed E-state index contributed by atoms with van der Waals surface area (Å²) >= 11 is 3.31. The summed E-state index contributed by atoms with van der Waals surface area (Å²) < 4.78 is 14.7. The summed E-state index contributed by atoms with van der Waals surface area (Å²) in [6.07, 6.45) is 3.19. The van der Waals surface area contributed by atoms with Gasteiger partial charge in [0.2, 0.25) is 0 Å². The van der Waals surface area contributed by atoms with Gasteiger partial charge in [0.1, 0.15) is 5.82 Å². The normalized spacial score (nSPS) is 17.4. The molecule has 2 rings (SSSR count). The molecule has 0 aromatic heterocycles. The second kappa shape index (κ2) is 5.49. The third-order valence-electron chi connectivity index (χ3n) is 3.81. The van der Waals surface area contributed by atoms with E-state index in [0.717, 1.165) is 43.5 Å². The molecule has 1 aliphatic heterocycles.